The summed E-state index contributed by atoms with van der Waals surface area (Å²) in [6.07, 6.45) is 2.65. The van der Waals surface area contributed by atoms with Gasteiger partial charge in [-0.1, -0.05) is 0 Å². The summed E-state index contributed by atoms with van der Waals surface area (Å²) < 4.78 is 7.26. The third kappa shape index (κ3) is 2.91. The molecule has 1 amide bonds. The molecule has 0 atom stereocenters. The number of benzene rings is 1. The Balaban J connectivity index is 1.76. The number of aromatic nitrogens is 2. The number of imidazole rings is 1. The Morgan fingerprint density at radius 3 is 2.50 bits per heavy atom. The van der Waals surface area contributed by atoms with Crippen LogP contribution in [-0.2, 0) is 9.53 Å². The van der Waals surface area contributed by atoms with Crippen LogP contribution in [0.3, 0.4) is 0 Å². The summed E-state index contributed by atoms with van der Waals surface area (Å²) in [7, 11) is 0. The third-order valence-corrected chi connectivity index (χ3v) is 4.65. The van der Waals surface area contributed by atoms with Crippen LogP contribution in [0.25, 0.3) is 5.69 Å². The second kappa shape index (κ2) is 6.46. The molecule has 0 aliphatic carbocycles. The number of ether oxygens (including phenoxy) is 1. The van der Waals surface area contributed by atoms with Crippen LogP contribution in [0.4, 0.5) is 5.69 Å². The molecule has 0 unspecified atom stereocenters. The number of anilines is 1. The van der Waals surface area contributed by atoms with Crippen molar-refractivity contribution in [2.75, 3.05) is 18.5 Å². The van der Waals surface area contributed by atoms with Crippen LogP contribution in [-0.4, -0.2) is 28.7 Å². The smallest absolute Gasteiger partial charge is 0.245 e. The summed E-state index contributed by atoms with van der Waals surface area (Å²) in [5, 5.41) is 12.3. The average Bonchev–Trinajstić information content (AvgIpc) is 2.95. The average molecular weight is 324 g/mol. The van der Waals surface area contributed by atoms with Crippen LogP contribution < -0.4 is 5.32 Å². The Labute approximate surface area is 141 Å². The Morgan fingerprint density at radius 1 is 1.29 bits per heavy atom. The Hall–Kier alpha value is -2.65. The molecule has 6 nitrogen and oxygen atoms in total. The summed E-state index contributed by atoms with van der Waals surface area (Å²) in [4.78, 5) is 16.8. The molecule has 1 aliphatic heterocycles. The Kier molecular flexibility index (Phi) is 4.36. The minimum Gasteiger partial charge on any atom is -0.381 e. The topological polar surface area (TPSA) is 79.9 Å². The van der Waals surface area contributed by atoms with Gasteiger partial charge in [0.15, 0.2) is 0 Å². The second-order valence-corrected chi connectivity index (χ2v) is 6.09. The summed E-state index contributed by atoms with van der Waals surface area (Å²) in [6, 6.07) is 9.71. The van der Waals surface area contributed by atoms with E-state index in [1.807, 2.05) is 42.7 Å². The highest BCUT2D eigenvalue weighted by molar-refractivity contribution is 5.97. The third-order valence-electron chi connectivity index (χ3n) is 4.65. The minimum atomic E-state index is -0.991. The van der Waals surface area contributed by atoms with Gasteiger partial charge in [-0.05, 0) is 51.0 Å². The van der Waals surface area contributed by atoms with Crippen molar-refractivity contribution in [3.05, 3.63) is 42.0 Å². The van der Waals surface area contributed by atoms with Gasteiger partial charge in [0.05, 0.1) is 18.1 Å². The predicted molar refractivity (Wildman–Crippen MR) is 89.8 cm³/mol. The van der Waals surface area contributed by atoms with E-state index in [9.17, 15) is 10.1 Å². The van der Waals surface area contributed by atoms with E-state index >= 15 is 0 Å². The van der Waals surface area contributed by atoms with Gasteiger partial charge in [-0.2, -0.15) is 5.26 Å². The molecule has 0 bridgehead atoms. The van der Waals surface area contributed by atoms with Crippen molar-refractivity contribution in [1.82, 2.24) is 9.55 Å². The van der Waals surface area contributed by atoms with Gasteiger partial charge in [0, 0.05) is 30.3 Å². The van der Waals surface area contributed by atoms with Gasteiger partial charge < -0.3 is 14.6 Å². The van der Waals surface area contributed by atoms with Gasteiger partial charge >= 0.3 is 0 Å². The monoisotopic (exact) mass is 324 g/mol. The summed E-state index contributed by atoms with van der Waals surface area (Å²) >= 11 is 0. The molecule has 1 fully saturated rings. The second-order valence-electron chi connectivity index (χ2n) is 6.09. The van der Waals surface area contributed by atoms with Crippen LogP contribution in [0, 0.1) is 30.6 Å². The number of aryl methyl sites for hydroxylation is 1. The van der Waals surface area contributed by atoms with Gasteiger partial charge in [-0.15, -0.1) is 0 Å². The van der Waals surface area contributed by atoms with E-state index in [0.717, 1.165) is 17.1 Å². The van der Waals surface area contributed by atoms with E-state index < -0.39 is 5.41 Å². The van der Waals surface area contributed by atoms with Crippen molar-refractivity contribution < 1.29 is 9.53 Å². The number of nitrogens with zero attached hydrogens (tertiary/aromatic N) is 3. The Bertz CT molecular complexity index is 780. The highest BCUT2D eigenvalue weighted by Crippen LogP contribution is 2.31. The van der Waals surface area contributed by atoms with Crippen LogP contribution in [0.1, 0.15) is 24.2 Å². The van der Waals surface area contributed by atoms with Gasteiger partial charge in [0.2, 0.25) is 5.91 Å². The summed E-state index contributed by atoms with van der Waals surface area (Å²) in [5.74, 6) is -0.254. The number of amides is 1. The molecule has 3 rings (SSSR count). The molecular weight excluding hydrogens is 304 g/mol. The van der Waals surface area contributed by atoms with Gasteiger partial charge in [-0.25, -0.2) is 4.98 Å². The number of rotatable bonds is 3. The molecule has 6 heteroatoms. The molecule has 124 valence electrons. The zero-order chi connectivity index (χ0) is 17.2. The number of hydrogen-bond donors (Lipinski definition) is 1. The predicted octanol–water partition coefficient (Wildman–Crippen LogP) is 2.75. The van der Waals surface area contributed by atoms with E-state index in [-0.39, 0.29) is 5.91 Å². The van der Waals surface area contributed by atoms with E-state index in [1.165, 1.54) is 0 Å². The van der Waals surface area contributed by atoms with Crippen molar-refractivity contribution in [3.63, 3.8) is 0 Å². The van der Waals surface area contributed by atoms with Crippen LogP contribution >= 0.6 is 0 Å². The van der Waals surface area contributed by atoms with Gasteiger partial charge in [0.25, 0.3) is 0 Å². The maximum Gasteiger partial charge on any atom is 0.245 e. The molecule has 0 spiro atoms. The fourth-order valence-corrected chi connectivity index (χ4v) is 2.82. The zero-order valence-corrected chi connectivity index (χ0v) is 13.9. The van der Waals surface area contributed by atoms with Gasteiger partial charge in [0.1, 0.15) is 5.41 Å². The van der Waals surface area contributed by atoms with Crippen molar-refractivity contribution >= 4 is 11.6 Å². The molecule has 1 saturated heterocycles. The van der Waals surface area contributed by atoms with Crippen molar-refractivity contribution in [1.29, 1.82) is 5.26 Å². The lowest BCUT2D eigenvalue weighted by atomic mass is 9.81. The van der Waals surface area contributed by atoms with Crippen LogP contribution in [0.15, 0.2) is 30.6 Å². The summed E-state index contributed by atoms with van der Waals surface area (Å²) in [6.45, 7) is 4.87. The lowest BCUT2D eigenvalue weighted by molar-refractivity contribution is -0.126. The normalized spacial score (nSPS) is 16.4. The first-order chi connectivity index (χ1) is 11.6. The largest absolute Gasteiger partial charge is 0.381 e. The molecule has 24 heavy (non-hydrogen) atoms. The zero-order valence-electron chi connectivity index (χ0n) is 13.9. The van der Waals surface area contributed by atoms with E-state index in [1.54, 1.807) is 6.33 Å². The first kappa shape index (κ1) is 16.2. The lowest BCUT2D eigenvalue weighted by Crippen LogP contribution is -2.39. The molecule has 0 saturated carbocycles. The summed E-state index contributed by atoms with van der Waals surface area (Å²) in [5.41, 5.74) is 2.74. The SMILES string of the molecule is Cc1ncn(-c2ccc(NC(=O)C3(C#N)CCOCC3)cc2)c1C. The molecule has 1 aliphatic rings. The van der Waals surface area contributed by atoms with Crippen LogP contribution in [0.2, 0.25) is 0 Å². The quantitative estimate of drug-likeness (QED) is 0.941. The first-order valence-electron chi connectivity index (χ1n) is 7.97. The maximum absolute atomic E-state index is 12.5. The minimum absolute atomic E-state index is 0.254. The van der Waals surface area contributed by atoms with Crippen molar-refractivity contribution in [2.45, 2.75) is 26.7 Å². The molecule has 1 N–H and O–H groups in total. The number of carbonyl (C=O) groups excluding carboxylic acids is 1. The van der Waals surface area contributed by atoms with E-state index in [2.05, 4.69) is 16.4 Å². The Morgan fingerprint density at radius 2 is 1.96 bits per heavy atom. The number of hydrogen-bond acceptors (Lipinski definition) is 4. The first-order valence-corrected chi connectivity index (χ1v) is 7.97. The molecule has 2 aromatic rings. The van der Waals surface area contributed by atoms with E-state index in [4.69, 9.17) is 4.74 Å². The lowest BCUT2D eigenvalue weighted by Gasteiger charge is -2.29. The molecular formula is C18H20N4O2. The molecule has 2 heterocycles. The van der Waals surface area contributed by atoms with Crippen molar-refractivity contribution in [2.24, 2.45) is 5.41 Å². The molecule has 1 aromatic carbocycles. The van der Waals surface area contributed by atoms with E-state index in [0.29, 0.717) is 31.7 Å². The van der Waals surface area contributed by atoms with Crippen LogP contribution in [0.5, 0.6) is 0 Å². The molecule has 1 aromatic heterocycles. The highest BCUT2D eigenvalue weighted by Gasteiger charge is 2.40. The highest BCUT2D eigenvalue weighted by atomic mass is 16.5. The van der Waals surface area contributed by atoms with Crippen molar-refractivity contribution in [3.8, 4) is 11.8 Å². The number of carbonyl (C=O) groups is 1. The standard InChI is InChI=1S/C18H20N4O2/c1-13-14(2)22(12-20-13)16-5-3-15(4-6-16)21-17(23)18(11-19)7-9-24-10-8-18/h3-6,12H,7-10H2,1-2H3,(H,21,23). The number of nitrogens with one attached hydrogen (secondary N) is 1. The number of nitriles is 1. The fourth-order valence-electron chi connectivity index (χ4n) is 2.82. The van der Waals surface area contributed by atoms with Gasteiger partial charge in [-0.3, -0.25) is 4.79 Å². The fraction of sp³-hybridized carbons (Fsp3) is 0.389. The maximum atomic E-state index is 12.5. The molecule has 0 radical (unpaired) electrons.